The molecule has 4 rings (SSSR count). The Morgan fingerprint density at radius 1 is 1.11 bits per heavy atom. The molecule has 1 aliphatic carbocycles. The minimum absolute atomic E-state index is 0.00533. The molecule has 1 unspecified atom stereocenters. The van der Waals surface area contributed by atoms with Crippen LogP contribution in [0.2, 0.25) is 0 Å². The average Bonchev–Trinajstić information content (AvgIpc) is 3.50. The maximum Gasteiger partial charge on any atom is 0.230 e. The lowest BCUT2D eigenvalue weighted by molar-refractivity contribution is -0.119. The van der Waals surface area contributed by atoms with E-state index in [1.807, 2.05) is 48.0 Å². The summed E-state index contributed by atoms with van der Waals surface area (Å²) in [7, 11) is 1.98. The molecule has 2 aromatic carbocycles. The van der Waals surface area contributed by atoms with E-state index in [4.69, 9.17) is 0 Å². The second kappa shape index (κ2) is 8.61. The van der Waals surface area contributed by atoms with Gasteiger partial charge < -0.3 is 9.88 Å². The van der Waals surface area contributed by atoms with Crippen molar-refractivity contribution in [1.82, 2.24) is 20.1 Å². The molecule has 144 valence electrons. The van der Waals surface area contributed by atoms with Gasteiger partial charge in [0.25, 0.3) is 0 Å². The summed E-state index contributed by atoms with van der Waals surface area (Å²) in [6, 6.07) is 20.3. The van der Waals surface area contributed by atoms with Crippen LogP contribution in [0.15, 0.2) is 65.8 Å². The molecule has 1 N–H and O–H groups in total. The molecule has 0 bridgehead atoms. The Labute approximate surface area is 169 Å². The number of benzene rings is 2. The molecule has 0 radical (unpaired) electrons. The van der Waals surface area contributed by atoms with Crippen molar-refractivity contribution in [2.45, 2.75) is 36.4 Å². The fraction of sp³-hybridized carbons (Fsp3) is 0.318. The van der Waals surface area contributed by atoms with E-state index < -0.39 is 0 Å². The predicted molar refractivity (Wildman–Crippen MR) is 111 cm³/mol. The number of amides is 1. The van der Waals surface area contributed by atoms with E-state index in [9.17, 15) is 4.79 Å². The molecule has 28 heavy (non-hydrogen) atoms. The van der Waals surface area contributed by atoms with Crippen LogP contribution in [0.1, 0.15) is 41.8 Å². The number of hydrogen-bond donors (Lipinski definition) is 1. The standard InChI is InChI=1S/C22H24N4OS/c1-26-21(18-12-13-18)24-25-22(26)28-15-20(27)23-19(17-10-6-3-7-11-17)14-16-8-4-2-5-9-16/h2-11,18-19H,12-15H2,1H3,(H,23,27). The lowest BCUT2D eigenvalue weighted by Crippen LogP contribution is -2.31. The van der Waals surface area contributed by atoms with Gasteiger partial charge in [-0.25, -0.2) is 0 Å². The number of thioether (sulfide) groups is 1. The van der Waals surface area contributed by atoms with E-state index >= 15 is 0 Å². The van der Waals surface area contributed by atoms with Gasteiger partial charge in [-0.1, -0.05) is 72.4 Å². The van der Waals surface area contributed by atoms with Crippen LogP contribution in [0.5, 0.6) is 0 Å². The average molecular weight is 393 g/mol. The van der Waals surface area contributed by atoms with Crippen LogP contribution in [-0.2, 0) is 18.3 Å². The molecule has 3 aromatic rings. The molecular weight excluding hydrogens is 368 g/mol. The van der Waals surface area contributed by atoms with Crippen molar-refractivity contribution >= 4 is 17.7 Å². The van der Waals surface area contributed by atoms with Gasteiger partial charge in [0.1, 0.15) is 5.82 Å². The lowest BCUT2D eigenvalue weighted by Gasteiger charge is -2.19. The minimum Gasteiger partial charge on any atom is -0.348 e. The number of rotatable bonds is 8. The lowest BCUT2D eigenvalue weighted by atomic mass is 9.99. The fourth-order valence-corrected chi connectivity index (χ4v) is 4.03. The van der Waals surface area contributed by atoms with Crippen molar-refractivity contribution in [2.24, 2.45) is 7.05 Å². The molecular formula is C22H24N4OS. The van der Waals surface area contributed by atoms with Crippen LogP contribution < -0.4 is 5.32 Å². The number of carbonyl (C=O) groups excluding carboxylic acids is 1. The minimum atomic E-state index is -0.0572. The molecule has 1 aliphatic rings. The van der Waals surface area contributed by atoms with Crippen molar-refractivity contribution < 1.29 is 4.79 Å². The second-order valence-electron chi connectivity index (χ2n) is 7.18. The number of nitrogens with one attached hydrogen (secondary N) is 1. The molecule has 0 aliphatic heterocycles. The molecule has 1 fully saturated rings. The highest BCUT2D eigenvalue weighted by molar-refractivity contribution is 7.99. The Balaban J connectivity index is 1.40. The Kier molecular flexibility index (Phi) is 5.76. The zero-order valence-corrected chi connectivity index (χ0v) is 16.7. The summed E-state index contributed by atoms with van der Waals surface area (Å²) in [6.45, 7) is 0. The van der Waals surface area contributed by atoms with Gasteiger partial charge in [0, 0.05) is 13.0 Å². The van der Waals surface area contributed by atoms with Crippen molar-refractivity contribution in [1.29, 1.82) is 0 Å². The van der Waals surface area contributed by atoms with E-state index in [1.165, 1.54) is 30.2 Å². The third kappa shape index (κ3) is 4.62. The van der Waals surface area contributed by atoms with E-state index in [0.717, 1.165) is 23.0 Å². The molecule has 1 amide bonds. The second-order valence-corrected chi connectivity index (χ2v) is 8.13. The maximum atomic E-state index is 12.7. The van der Waals surface area contributed by atoms with Gasteiger partial charge in [-0.2, -0.15) is 0 Å². The van der Waals surface area contributed by atoms with Gasteiger partial charge in [-0.05, 0) is 30.4 Å². The molecule has 0 spiro atoms. The predicted octanol–water partition coefficient (Wildman–Crippen LogP) is 3.88. The van der Waals surface area contributed by atoms with Gasteiger partial charge in [-0.3, -0.25) is 4.79 Å². The van der Waals surface area contributed by atoms with Gasteiger partial charge in [-0.15, -0.1) is 10.2 Å². The quantitative estimate of drug-likeness (QED) is 0.591. The summed E-state index contributed by atoms with van der Waals surface area (Å²) in [6.07, 6.45) is 3.14. The van der Waals surface area contributed by atoms with Crippen LogP contribution in [0.3, 0.4) is 0 Å². The maximum absolute atomic E-state index is 12.7. The summed E-state index contributed by atoms with van der Waals surface area (Å²) in [5.74, 6) is 1.92. The molecule has 1 heterocycles. The van der Waals surface area contributed by atoms with Crippen LogP contribution in [-0.4, -0.2) is 26.4 Å². The first kappa shape index (κ1) is 18.7. The molecule has 5 nitrogen and oxygen atoms in total. The Morgan fingerprint density at radius 3 is 2.46 bits per heavy atom. The van der Waals surface area contributed by atoms with E-state index in [2.05, 4.69) is 39.8 Å². The zero-order chi connectivity index (χ0) is 19.3. The highest BCUT2D eigenvalue weighted by atomic mass is 32.2. The number of nitrogens with zero attached hydrogens (tertiary/aromatic N) is 3. The Morgan fingerprint density at radius 2 is 1.79 bits per heavy atom. The molecule has 6 heteroatoms. The van der Waals surface area contributed by atoms with Gasteiger partial charge >= 0.3 is 0 Å². The van der Waals surface area contributed by atoms with Crippen molar-refractivity contribution in [3.8, 4) is 0 Å². The van der Waals surface area contributed by atoms with E-state index in [1.54, 1.807) is 0 Å². The highest BCUT2D eigenvalue weighted by Crippen LogP contribution is 2.39. The largest absolute Gasteiger partial charge is 0.348 e. The summed E-state index contributed by atoms with van der Waals surface area (Å²) >= 11 is 1.44. The van der Waals surface area contributed by atoms with Crippen molar-refractivity contribution in [2.75, 3.05) is 5.75 Å². The number of aromatic nitrogens is 3. The molecule has 1 aromatic heterocycles. The Bertz CT molecular complexity index is 922. The summed E-state index contributed by atoms with van der Waals surface area (Å²) < 4.78 is 2.02. The first-order valence-corrected chi connectivity index (χ1v) is 10.6. The number of carbonyl (C=O) groups is 1. The third-order valence-corrected chi connectivity index (χ3v) is 5.98. The normalized spacial score (nSPS) is 14.6. The number of hydrogen-bond acceptors (Lipinski definition) is 4. The summed E-state index contributed by atoms with van der Waals surface area (Å²) in [4.78, 5) is 12.7. The third-order valence-electron chi connectivity index (χ3n) is 4.96. The summed E-state index contributed by atoms with van der Waals surface area (Å²) in [5.41, 5.74) is 2.31. The first-order valence-electron chi connectivity index (χ1n) is 9.61. The molecule has 1 atom stereocenters. The Hall–Kier alpha value is -2.60. The van der Waals surface area contributed by atoms with Gasteiger partial charge in [0.2, 0.25) is 5.91 Å². The van der Waals surface area contributed by atoms with Crippen LogP contribution in [0, 0.1) is 0 Å². The fourth-order valence-electron chi connectivity index (χ4n) is 3.30. The van der Waals surface area contributed by atoms with Crippen molar-refractivity contribution in [3.63, 3.8) is 0 Å². The molecule has 0 saturated heterocycles. The van der Waals surface area contributed by atoms with Gasteiger partial charge in [0.05, 0.1) is 11.8 Å². The summed E-state index contributed by atoms with van der Waals surface area (Å²) in [5, 5.41) is 12.5. The van der Waals surface area contributed by atoms with Crippen LogP contribution in [0.4, 0.5) is 0 Å². The van der Waals surface area contributed by atoms with E-state index in [-0.39, 0.29) is 11.9 Å². The monoisotopic (exact) mass is 392 g/mol. The van der Waals surface area contributed by atoms with Crippen LogP contribution >= 0.6 is 11.8 Å². The van der Waals surface area contributed by atoms with Crippen molar-refractivity contribution in [3.05, 3.63) is 77.6 Å². The highest BCUT2D eigenvalue weighted by Gasteiger charge is 2.29. The molecule has 1 saturated carbocycles. The van der Waals surface area contributed by atoms with E-state index in [0.29, 0.717) is 11.7 Å². The smallest absolute Gasteiger partial charge is 0.230 e. The topological polar surface area (TPSA) is 59.8 Å². The zero-order valence-electron chi connectivity index (χ0n) is 15.9. The van der Waals surface area contributed by atoms with Gasteiger partial charge in [0.15, 0.2) is 5.16 Å². The first-order chi connectivity index (χ1) is 13.7. The van der Waals surface area contributed by atoms with Crippen LogP contribution in [0.25, 0.3) is 0 Å². The SMILES string of the molecule is Cn1c(SCC(=O)NC(Cc2ccccc2)c2ccccc2)nnc1C1CC1.